The Morgan fingerprint density at radius 1 is 1.26 bits per heavy atom. The number of piperidine rings is 1. The molecule has 1 fully saturated rings. The highest BCUT2D eigenvalue weighted by Gasteiger charge is 2.26. The average molecular weight is 384 g/mol. The lowest BCUT2D eigenvalue weighted by molar-refractivity contribution is -0.149. The first kappa shape index (κ1) is 16.6. The maximum Gasteiger partial charge on any atom is 0.309 e. The summed E-state index contributed by atoms with van der Waals surface area (Å²) in [7, 11) is 0. The zero-order valence-electron chi connectivity index (χ0n) is 13.3. The molecule has 0 radical (unpaired) electrons. The standard InChI is InChI=1S/C17H22BrNO4/c1-2-21-17(20)12-3-5-19(6-4-12)11-13-9-15-16(10-14(13)18)23-8-7-22-15/h9-10,12H,2-8,11H2,1H3. The summed E-state index contributed by atoms with van der Waals surface area (Å²) in [5.74, 6) is 1.62. The van der Waals surface area contributed by atoms with Gasteiger partial charge >= 0.3 is 5.97 Å². The van der Waals surface area contributed by atoms with Crippen LogP contribution in [0.4, 0.5) is 0 Å². The van der Waals surface area contributed by atoms with E-state index in [2.05, 4.69) is 26.9 Å². The summed E-state index contributed by atoms with van der Waals surface area (Å²) in [5.41, 5.74) is 1.18. The molecule has 1 aromatic carbocycles. The maximum absolute atomic E-state index is 11.8. The van der Waals surface area contributed by atoms with Crippen LogP contribution in [0.15, 0.2) is 16.6 Å². The summed E-state index contributed by atoms with van der Waals surface area (Å²) in [6.45, 7) is 6.16. The lowest BCUT2D eigenvalue weighted by Gasteiger charge is -2.31. The SMILES string of the molecule is CCOC(=O)C1CCN(Cc2cc3c(cc2Br)OCCO3)CC1. The number of hydrogen-bond acceptors (Lipinski definition) is 5. The van der Waals surface area contributed by atoms with Crippen molar-refractivity contribution in [3.05, 3.63) is 22.2 Å². The van der Waals surface area contributed by atoms with Crippen LogP contribution in [0.2, 0.25) is 0 Å². The Morgan fingerprint density at radius 2 is 1.91 bits per heavy atom. The Bertz CT molecular complexity index is 570. The van der Waals surface area contributed by atoms with Crippen molar-refractivity contribution in [2.45, 2.75) is 26.3 Å². The van der Waals surface area contributed by atoms with Crippen LogP contribution < -0.4 is 9.47 Å². The normalized spacial score (nSPS) is 18.7. The van der Waals surface area contributed by atoms with E-state index in [0.717, 1.165) is 48.4 Å². The highest BCUT2D eigenvalue weighted by atomic mass is 79.9. The molecule has 126 valence electrons. The Kier molecular flexibility index (Phi) is 5.43. The van der Waals surface area contributed by atoms with Gasteiger partial charge in [0.05, 0.1) is 12.5 Å². The minimum atomic E-state index is -0.0485. The van der Waals surface area contributed by atoms with E-state index in [0.29, 0.717) is 19.8 Å². The molecule has 0 atom stereocenters. The molecule has 0 amide bonds. The lowest BCUT2D eigenvalue weighted by Crippen LogP contribution is -2.36. The van der Waals surface area contributed by atoms with Crippen molar-refractivity contribution in [1.29, 1.82) is 0 Å². The monoisotopic (exact) mass is 383 g/mol. The molecule has 0 aromatic heterocycles. The largest absolute Gasteiger partial charge is 0.486 e. The van der Waals surface area contributed by atoms with Crippen LogP contribution in [0, 0.1) is 5.92 Å². The highest BCUT2D eigenvalue weighted by molar-refractivity contribution is 9.10. The summed E-state index contributed by atoms with van der Waals surface area (Å²) in [6, 6.07) is 4.03. The summed E-state index contributed by atoms with van der Waals surface area (Å²) in [4.78, 5) is 14.2. The van der Waals surface area contributed by atoms with Crippen LogP contribution in [0.5, 0.6) is 11.5 Å². The second-order valence-corrected chi connectivity index (χ2v) is 6.74. The number of carbonyl (C=O) groups excluding carboxylic acids is 1. The quantitative estimate of drug-likeness (QED) is 0.747. The number of ether oxygens (including phenoxy) is 3. The topological polar surface area (TPSA) is 48.0 Å². The lowest BCUT2D eigenvalue weighted by atomic mass is 9.96. The van der Waals surface area contributed by atoms with E-state index in [4.69, 9.17) is 14.2 Å². The second-order valence-electron chi connectivity index (χ2n) is 5.89. The van der Waals surface area contributed by atoms with Crippen molar-refractivity contribution in [3.8, 4) is 11.5 Å². The van der Waals surface area contributed by atoms with Gasteiger partial charge in [-0.3, -0.25) is 9.69 Å². The van der Waals surface area contributed by atoms with Crippen molar-refractivity contribution >= 4 is 21.9 Å². The Hall–Kier alpha value is -1.27. The van der Waals surface area contributed by atoms with Gasteiger partial charge in [0, 0.05) is 11.0 Å². The van der Waals surface area contributed by atoms with Crippen LogP contribution in [0.25, 0.3) is 0 Å². The third-order valence-electron chi connectivity index (χ3n) is 4.31. The molecule has 2 aliphatic rings. The molecule has 3 rings (SSSR count). The molecule has 2 heterocycles. The van der Waals surface area contributed by atoms with Gasteiger partial charge in [-0.2, -0.15) is 0 Å². The molecule has 1 aromatic rings. The molecule has 0 unspecified atom stereocenters. The Balaban J connectivity index is 1.59. The van der Waals surface area contributed by atoms with Gasteiger partial charge in [0.25, 0.3) is 0 Å². The molecule has 0 bridgehead atoms. The van der Waals surface area contributed by atoms with Gasteiger partial charge in [-0.25, -0.2) is 0 Å². The molecule has 6 heteroatoms. The molecule has 23 heavy (non-hydrogen) atoms. The fourth-order valence-corrected chi connectivity index (χ4v) is 3.50. The van der Waals surface area contributed by atoms with E-state index in [1.165, 1.54) is 5.56 Å². The second kappa shape index (κ2) is 7.53. The maximum atomic E-state index is 11.8. The first-order valence-electron chi connectivity index (χ1n) is 8.14. The first-order valence-corrected chi connectivity index (χ1v) is 8.93. The van der Waals surface area contributed by atoms with Gasteiger partial charge in [-0.1, -0.05) is 15.9 Å². The highest BCUT2D eigenvalue weighted by Crippen LogP contribution is 2.36. The van der Waals surface area contributed by atoms with Crippen LogP contribution in [-0.2, 0) is 16.1 Å². The predicted octanol–water partition coefficient (Wildman–Crippen LogP) is 3.00. The third-order valence-corrected chi connectivity index (χ3v) is 5.05. The van der Waals surface area contributed by atoms with Gasteiger partial charge < -0.3 is 14.2 Å². The molecular formula is C17H22BrNO4. The number of rotatable bonds is 4. The molecule has 0 saturated carbocycles. The van der Waals surface area contributed by atoms with E-state index in [-0.39, 0.29) is 11.9 Å². The minimum Gasteiger partial charge on any atom is -0.486 e. The van der Waals surface area contributed by atoms with Gasteiger partial charge in [-0.05, 0) is 50.6 Å². The van der Waals surface area contributed by atoms with Crippen molar-refractivity contribution in [2.24, 2.45) is 5.92 Å². The molecule has 0 spiro atoms. The van der Waals surface area contributed by atoms with Crippen LogP contribution in [0.3, 0.4) is 0 Å². The molecule has 0 aliphatic carbocycles. The van der Waals surface area contributed by atoms with Crippen molar-refractivity contribution < 1.29 is 19.0 Å². The first-order chi connectivity index (χ1) is 11.2. The number of likely N-dealkylation sites (tertiary alicyclic amines) is 1. The predicted molar refractivity (Wildman–Crippen MR) is 89.8 cm³/mol. The number of fused-ring (bicyclic) bond motifs is 1. The van der Waals surface area contributed by atoms with Gasteiger partial charge in [0.2, 0.25) is 0 Å². The van der Waals surface area contributed by atoms with Crippen LogP contribution >= 0.6 is 15.9 Å². The molecule has 2 aliphatic heterocycles. The van der Waals surface area contributed by atoms with E-state index >= 15 is 0 Å². The van der Waals surface area contributed by atoms with E-state index < -0.39 is 0 Å². The Labute approximate surface area is 145 Å². The Morgan fingerprint density at radius 3 is 2.57 bits per heavy atom. The van der Waals surface area contributed by atoms with Crippen LogP contribution in [-0.4, -0.2) is 43.8 Å². The number of benzene rings is 1. The fraction of sp³-hybridized carbons (Fsp3) is 0.588. The summed E-state index contributed by atoms with van der Waals surface area (Å²) in [6.07, 6.45) is 1.72. The number of esters is 1. The average Bonchev–Trinajstić information content (AvgIpc) is 2.56. The minimum absolute atomic E-state index is 0.0485. The van der Waals surface area contributed by atoms with E-state index in [1.54, 1.807) is 0 Å². The third kappa shape index (κ3) is 3.98. The molecule has 5 nitrogen and oxygen atoms in total. The number of hydrogen-bond donors (Lipinski definition) is 0. The van der Waals surface area contributed by atoms with Gasteiger partial charge in [0.15, 0.2) is 11.5 Å². The summed E-state index contributed by atoms with van der Waals surface area (Å²) >= 11 is 3.62. The van der Waals surface area contributed by atoms with E-state index in [9.17, 15) is 4.79 Å². The molecule has 1 saturated heterocycles. The van der Waals surface area contributed by atoms with Crippen molar-refractivity contribution in [2.75, 3.05) is 32.9 Å². The van der Waals surface area contributed by atoms with E-state index in [1.807, 2.05) is 13.0 Å². The van der Waals surface area contributed by atoms with Crippen molar-refractivity contribution in [3.63, 3.8) is 0 Å². The van der Waals surface area contributed by atoms with Gasteiger partial charge in [0.1, 0.15) is 13.2 Å². The smallest absolute Gasteiger partial charge is 0.309 e. The number of nitrogens with zero attached hydrogens (tertiary/aromatic N) is 1. The van der Waals surface area contributed by atoms with Gasteiger partial charge in [-0.15, -0.1) is 0 Å². The number of carbonyl (C=O) groups is 1. The fourth-order valence-electron chi connectivity index (χ4n) is 3.06. The summed E-state index contributed by atoms with van der Waals surface area (Å²) in [5, 5.41) is 0. The zero-order chi connectivity index (χ0) is 16.2. The zero-order valence-corrected chi connectivity index (χ0v) is 14.9. The summed E-state index contributed by atoms with van der Waals surface area (Å²) < 4.78 is 17.4. The molecule has 0 N–H and O–H groups in total. The van der Waals surface area contributed by atoms with Crippen molar-refractivity contribution in [1.82, 2.24) is 4.90 Å². The van der Waals surface area contributed by atoms with Crippen LogP contribution in [0.1, 0.15) is 25.3 Å². The molecular weight excluding hydrogens is 362 g/mol. The number of halogens is 1.